The second-order valence-corrected chi connectivity index (χ2v) is 11.3. The van der Waals surface area contributed by atoms with E-state index in [-0.39, 0.29) is 22.9 Å². The van der Waals surface area contributed by atoms with Gasteiger partial charge in [-0.1, -0.05) is 30.3 Å². The van der Waals surface area contributed by atoms with Gasteiger partial charge in [0.1, 0.15) is 0 Å². The van der Waals surface area contributed by atoms with Crippen LogP contribution in [0.2, 0.25) is 0 Å². The lowest BCUT2D eigenvalue weighted by Gasteiger charge is -2.48. The van der Waals surface area contributed by atoms with Crippen molar-refractivity contribution in [1.82, 2.24) is 15.2 Å². The quantitative estimate of drug-likeness (QED) is 0.770. The molecule has 0 bridgehead atoms. The molecule has 1 aromatic heterocycles. The summed E-state index contributed by atoms with van der Waals surface area (Å²) in [7, 11) is 1.02. The number of anilines is 1. The first-order chi connectivity index (χ1) is 14.6. The number of rotatable bonds is 5. The molecule has 1 saturated carbocycles. The Balaban J connectivity index is 1.57. The molecule has 4 rings (SSSR count). The van der Waals surface area contributed by atoms with Crippen LogP contribution in [0.25, 0.3) is 0 Å². The van der Waals surface area contributed by atoms with E-state index in [1.54, 1.807) is 23.4 Å². The van der Waals surface area contributed by atoms with Crippen LogP contribution in [0, 0.1) is 0 Å². The average molecular weight is 443 g/mol. The Bertz CT molecular complexity index is 1060. The standard InChI is InChI=1S/C23H30N4O3S/c1-26(2)23(19-7-5-4-6-8-19)12-10-22(11-13-23)17-27(21(28)25-22)20-15-24-14-9-18(20)16-31(3,29)30/h4-9,14-15H,10-13,16-17H2,1-3H3,(H,25,28)/t22-,23+. The number of carbonyl (C=O) groups is 1. The highest BCUT2D eigenvalue weighted by Crippen LogP contribution is 2.46. The summed E-state index contributed by atoms with van der Waals surface area (Å²) >= 11 is 0. The van der Waals surface area contributed by atoms with Crippen molar-refractivity contribution in [3.8, 4) is 0 Å². The highest BCUT2D eigenvalue weighted by atomic mass is 32.2. The van der Waals surface area contributed by atoms with E-state index in [0.717, 1.165) is 25.7 Å². The van der Waals surface area contributed by atoms with E-state index in [2.05, 4.69) is 53.6 Å². The summed E-state index contributed by atoms with van der Waals surface area (Å²) in [5.74, 6) is -0.112. The topological polar surface area (TPSA) is 82.6 Å². The largest absolute Gasteiger partial charge is 0.330 e. The van der Waals surface area contributed by atoms with Gasteiger partial charge in [-0.3, -0.25) is 14.8 Å². The predicted molar refractivity (Wildman–Crippen MR) is 122 cm³/mol. The molecule has 1 aliphatic heterocycles. The number of pyridine rings is 1. The van der Waals surface area contributed by atoms with Crippen LogP contribution >= 0.6 is 0 Å². The third kappa shape index (κ3) is 4.19. The van der Waals surface area contributed by atoms with Gasteiger partial charge in [0.2, 0.25) is 0 Å². The smallest absolute Gasteiger partial charge is 0.322 e. The van der Waals surface area contributed by atoms with Gasteiger partial charge in [-0.25, -0.2) is 13.2 Å². The molecule has 0 atom stereocenters. The highest BCUT2D eigenvalue weighted by molar-refractivity contribution is 7.89. The number of nitrogens with zero attached hydrogens (tertiary/aromatic N) is 3. The van der Waals surface area contributed by atoms with Gasteiger partial charge in [0.25, 0.3) is 0 Å². The lowest BCUT2D eigenvalue weighted by Crippen LogP contribution is -2.54. The van der Waals surface area contributed by atoms with Crippen molar-refractivity contribution < 1.29 is 13.2 Å². The van der Waals surface area contributed by atoms with Gasteiger partial charge in [-0.05, 0) is 57.0 Å². The Kier molecular flexibility index (Phi) is 5.55. The number of nitrogens with one attached hydrogen (secondary N) is 1. The second kappa shape index (κ2) is 7.91. The summed E-state index contributed by atoms with van der Waals surface area (Å²) in [6.45, 7) is 0.520. The van der Waals surface area contributed by atoms with Crippen molar-refractivity contribution in [1.29, 1.82) is 0 Å². The monoisotopic (exact) mass is 442 g/mol. The Morgan fingerprint density at radius 1 is 1.10 bits per heavy atom. The summed E-state index contributed by atoms with van der Waals surface area (Å²) < 4.78 is 23.7. The Morgan fingerprint density at radius 3 is 2.39 bits per heavy atom. The number of benzene rings is 1. The molecule has 1 N–H and O–H groups in total. The molecule has 0 radical (unpaired) electrons. The van der Waals surface area contributed by atoms with Gasteiger partial charge < -0.3 is 5.32 Å². The molecule has 2 amide bonds. The fourth-order valence-corrected chi connectivity index (χ4v) is 5.94. The lowest BCUT2D eigenvalue weighted by atomic mass is 9.69. The van der Waals surface area contributed by atoms with Crippen LogP contribution in [0.5, 0.6) is 0 Å². The zero-order chi connectivity index (χ0) is 22.3. The summed E-state index contributed by atoms with van der Waals surface area (Å²) in [5, 5.41) is 3.23. The number of urea groups is 1. The maximum atomic E-state index is 13.0. The van der Waals surface area contributed by atoms with Crippen molar-refractivity contribution in [3.63, 3.8) is 0 Å². The molecule has 31 heavy (non-hydrogen) atoms. The fraction of sp³-hybridized carbons (Fsp3) is 0.478. The molecule has 0 unspecified atom stereocenters. The van der Waals surface area contributed by atoms with Gasteiger partial charge in [0.05, 0.1) is 29.7 Å². The zero-order valence-electron chi connectivity index (χ0n) is 18.3. The fourth-order valence-electron chi connectivity index (χ4n) is 5.13. The van der Waals surface area contributed by atoms with E-state index in [9.17, 15) is 13.2 Å². The van der Waals surface area contributed by atoms with Crippen LogP contribution in [0.3, 0.4) is 0 Å². The number of hydrogen-bond acceptors (Lipinski definition) is 5. The third-order valence-electron chi connectivity index (χ3n) is 6.88. The number of sulfone groups is 1. The average Bonchev–Trinajstić information content (AvgIpc) is 3.04. The molecule has 166 valence electrons. The summed E-state index contributed by atoms with van der Waals surface area (Å²) in [6, 6.07) is 12.1. The van der Waals surface area contributed by atoms with Crippen LogP contribution < -0.4 is 10.2 Å². The maximum absolute atomic E-state index is 13.0. The first-order valence-corrected chi connectivity index (χ1v) is 12.6. The zero-order valence-corrected chi connectivity index (χ0v) is 19.2. The molecule has 7 nitrogen and oxygen atoms in total. The molecular formula is C23H30N4O3S. The number of aromatic nitrogens is 1. The van der Waals surface area contributed by atoms with E-state index < -0.39 is 9.84 Å². The SMILES string of the molecule is CN(C)[C@]1(c2ccccc2)CC[C@]2(CC1)CN(c1cnccc1CS(C)(=O)=O)C(=O)N2. The van der Waals surface area contributed by atoms with Gasteiger partial charge in [0.15, 0.2) is 9.84 Å². The maximum Gasteiger partial charge on any atom is 0.322 e. The van der Waals surface area contributed by atoms with Crippen LogP contribution in [-0.4, -0.2) is 56.8 Å². The summed E-state index contributed by atoms with van der Waals surface area (Å²) in [6.07, 6.45) is 7.93. The second-order valence-electron chi connectivity index (χ2n) is 9.16. The first-order valence-electron chi connectivity index (χ1n) is 10.6. The van der Waals surface area contributed by atoms with Crippen LogP contribution in [0.1, 0.15) is 36.8 Å². The number of carbonyl (C=O) groups excluding carboxylic acids is 1. The number of amides is 2. The van der Waals surface area contributed by atoms with Crippen LogP contribution in [0.4, 0.5) is 10.5 Å². The Morgan fingerprint density at radius 2 is 1.77 bits per heavy atom. The van der Waals surface area contributed by atoms with E-state index >= 15 is 0 Å². The summed E-state index contributed by atoms with van der Waals surface area (Å²) in [5.41, 5.74) is 2.12. The molecule has 2 fully saturated rings. The normalized spacial score (nSPS) is 26.5. The van der Waals surface area contributed by atoms with Crippen molar-refractivity contribution in [2.24, 2.45) is 0 Å². The number of hydrogen-bond donors (Lipinski definition) is 1. The molecule has 2 aliphatic rings. The van der Waals surface area contributed by atoms with Crippen LogP contribution in [0.15, 0.2) is 48.8 Å². The Labute approximate surface area is 184 Å². The third-order valence-corrected chi connectivity index (χ3v) is 7.71. The van der Waals surface area contributed by atoms with Crippen molar-refractivity contribution in [3.05, 3.63) is 59.9 Å². The minimum Gasteiger partial charge on any atom is -0.330 e. The molecule has 2 heterocycles. The molecule has 8 heteroatoms. The molecule has 1 spiro atoms. The van der Waals surface area contributed by atoms with E-state index in [0.29, 0.717) is 17.8 Å². The minimum absolute atomic E-state index is 0.0551. The molecule has 1 aliphatic carbocycles. The molecular weight excluding hydrogens is 412 g/mol. The predicted octanol–water partition coefficient (Wildman–Crippen LogP) is 2.93. The van der Waals surface area contributed by atoms with E-state index in [4.69, 9.17) is 0 Å². The Hall–Kier alpha value is -2.45. The van der Waals surface area contributed by atoms with Crippen molar-refractivity contribution in [2.45, 2.75) is 42.5 Å². The van der Waals surface area contributed by atoms with Gasteiger partial charge in [0, 0.05) is 18.0 Å². The lowest BCUT2D eigenvalue weighted by molar-refractivity contribution is 0.0658. The minimum atomic E-state index is -3.23. The van der Waals surface area contributed by atoms with E-state index in [1.807, 2.05) is 6.07 Å². The van der Waals surface area contributed by atoms with Gasteiger partial charge in [-0.15, -0.1) is 0 Å². The highest BCUT2D eigenvalue weighted by Gasteiger charge is 2.50. The first kappa shape index (κ1) is 21.8. The molecule has 2 aromatic rings. The van der Waals surface area contributed by atoms with Crippen molar-refractivity contribution >= 4 is 21.6 Å². The van der Waals surface area contributed by atoms with Crippen molar-refractivity contribution in [2.75, 3.05) is 31.8 Å². The van der Waals surface area contributed by atoms with E-state index in [1.165, 1.54) is 11.8 Å². The van der Waals surface area contributed by atoms with Crippen LogP contribution in [-0.2, 0) is 21.1 Å². The molecule has 1 saturated heterocycles. The summed E-state index contributed by atoms with van der Waals surface area (Å²) in [4.78, 5) is 21.1. The van der Waals surface area contributed by atoms with Gasteiger partial charge in [-0.2, -0.15) is 0 Å². The van der Waals surface area contributed by atoms with Gasteiger partial charge >= 0.3 is 6.03 Å². The molecule has 1 aromatic carbocycles.